The first kappa shape index (κ1) is 20.4. The Labute approximate surface area is 162 Å². The van der Waals surface area contributed by atoms with E-state index in [-0.39, 0.29) is 25.5 Å². The molecule has 0 spiro atoms. The number of nitrogens with one attached hydrogen (secondary N) is 1. The molecule has 1 N–H and O–H groups in total. The predicted molar refractivity (Wildman–Crippen MR) is 101 cm³/mol. The molecule has 1 heterocycles. The third-order valence-corrected chi connectivity index (χ3v) is 6.48. The number of hydrogen-bond acceptors (Lipinski definition) is 4. The number of benzene rings is 2. The molecular weight excluding hydrogens is 388 g/mol. The summed E-state index contributed by atoms with van der Waals surface area (Å²) in [4.78, 5) is 13.5. The molecule has 3 rings (SSSR count). The monoisotopic (exact) mass is 409 g/mol. The van der Waals surface area contributed by atoms with Crippen LogP contribution in [0, 0.1) is 18.6 Å². The van der Waals surface area contributed by atoms with Crippen LogP contribution in [0.1, 0.15) is 5.56 Å². The molecule has 9 heteroatoms. The number of halogens is 2. The SMILES string of the molecule is Cc1ccc(NC(=O)CN2CCN(S(=O)(=O)c3ccc(F)cc3F)CC2)cc1. The number of amides is 1. The predicted octanol–water partition coefficient (Wildman–Crippen LogP) is 2.22. The molecule has 1 amide bonds. The van der Waals surface area contributed by atoms with Gasteiger partial charge in [-0.1, -0.05) is 17.7 Å². The Hall–Kier alpha value is -2.36. The Morgan fingerprint density at radius 2 is 1.68 bits per heavy atom. The lowest BCUT2D eigenvalue weighted by Crippen LogP contribution is -2.50. The zero-order valence-corrected chi connectivity index (χ0v) is 16.2. The Balaban J connectivity index is 1.56. The largest absolute Gasteiger partial charge is 0.325 e. The van der Waals surface area contributed by atoms with E-state index < -0.39 is 26.6 Å². The number of hydrogen-bond donors (Lipinski definition) is 1. The normalized spacial score (nSPS) is 16.1. The van der Waals surface area contributed by atoms with E-state index in [4.69, 9.17) is 0 Å². The average Bonchev–Trinajstić information content (AvgIpc) is 2.64. The third-order valence-electron chi connectivity index (χ3n) is 4.55. The third kappa shape index (κ3) is 4.73. The molecule has 150 valence electrons. The molecular formula is C19H21F2N3O3S. The van der Waals surface area contributed by atoms with Gasteiger partial charge in [0.1, 0.15) is 16.5 Å². The first-order chi connectivity index (χ1) is 13.3. The van der Waals surface area contributed by atoms with Crippen LogP contribution >= 0.6 is 0 Å². The van der Waals surface area contributed by atoms with Gasteiger partial charge in [0.2, 0.25) is 15.9 Å². The number of nitrogens with zero attached hydrogens (tertiary/aromatic N) is 2. The molecule has 0 unspecified atom stereocenters. The number of rotatable bonds is 5. The number of piperazine rings is 1. The molecule has 0 radical (unpaired) electrons. The quantitative estimate of drug-likeness (QED) is 0.822. The summed E-state index contributed by atoms with van der Waals surface area (Å²) in [6, 6.07) is 9.83. The smallest absolute Gasteiger partial charge is 0.246 e. The zero-order valence-electron chi connectivity index (χ0n) is 15.4. The van der Waals surface area contributed by atoms with Crippen LogP contribution in [0.15, 0.2) is 47.4 Å². The number of sulfonamides is 1. The maximum absolute atomic E-state index is 13.9. The van der Waals surface area contributed by atoms with Crippen LogP contribution in [0.25, 0.3) is 0 Å². The van der Waals surface area contributed by atoms with Gasteiger partial charge in [0.25, 0.3) is 0 Å². The van der Waals surface area contributed by atoms with Gasteiger partial charge >= 0.3 is 0 Å². The molecule has 0 saturated carbocycles. The fraction of sp³-hybridized carbons (Fsp3) is 0.316. The molecule has 1 aliphatic heterocycles. The minimum atomic E-state index is -4.05. The molecule has 2 aromatic rings. The number of carbonyl (C=O) groups is 1. The second-order valence-corrected chi connectivity index (χ2v) is 8.58. The van der Waals surface area contributed by atoms with Gasteiger partial charge in [-0.3, -0.25) is 9.69 Å². The molecule has 1 saturated heterocycles. The summed E-state index contributed by atoms with van der Waals surface area (Å²) in [5.74, 6) is -2.13. The molecule has 2 aromatic carbocycles. The molecule has 0 aliphatic carbocycles. The van der Waals surface area contributed by atoms with Crippen LogP contribution < -0.4 is 5.32 Å². The van der Waals surface area contributed by atoms with Crippen molar-refractivity contribution in [3.05, 3.63) is 59.7 Å². The van der Waals surface area contributed by atoms with Crippen molar-refractivity contribution in [3.63, 3.8) is 0 Å². The highest BCUT2D eigenvalue weighted by atomic mass is 32.2. The summed E-state index contributed by atoms with van der Waals surface area (Å²) in [5.41, 5.74) is 1.79. The van der Waals surface area contributed by atoms with Crippen LogP contribution in [0.2, 0.25) is 0 Å². The summed E-state index contributed by atoms with van der Waals surface area (Å²) < 4.78 is 53.2. The fourth-order valence-electron chi connectivity index (χ4n) is 2.99. The lowest BCUT2D eigenvalue weighted by Gasteiger charge is -2.33. The van der Waals surface area contributed by atoms with E-state index in [1.54, 1.807) is 0 Å². The van der Waals surface area contributed by atoms with E-state index in [9.17, 15) is 22.0 Å². The summed E-state index contributed by atoms with van der Waals surface area (Å²) in [6.45, 7) is 3.00. The van der Waals surface area contributed by atoms with E-state index in [1.165, 1.54) is 0 Å². The zero-order chi connectivity index (χ0) is 20.3. The minimum Gasteiger partial charge on any atom is -0.325 e. The lowest BCUT2D eigenvalue weighted by molar-refractivity contribution is -0.117. The molecule has 0 aromatic heterocycles. The van der Waals surface area contributed by atoms with E-state index >= 15 is 0 Å². The Kier molecular flexibility index (Phi) is 6.07. The van der Waals surface area contributed by atoms with Gasteiger partial charge in [0.05, 0.1) is 6.54 Å². The summed E-state index contributed by atoms with van der Waals surface area (Å²) in [6.07, 6.45) is 0. The highest BCUT2D eigenvalue weighted by Crippen LogP contribution is 2.21. The number of carbonyl (C=O) groups excluding carboxylic acids is 1. The van der Waals surface area contributed by atoms with Gasteiger partial charge < -0.3 is 5.32 Å². The standard InChI is InChI=1S/C19H21F2N3O3S/c1-14-2-5-16(6-3-14)22-19(25)13-23-8-10-24(11-9-23)28(26,27)18-7-4-15(20)12-17(18)21/h2-7,12H,8-11,13H2,1H3,(H,22,25). The first-order valence-corrected chi connectivity index (χ1v) is 10.2. The van der Waals surface area contributed by atoms with Gasteiger partial charge in [0, 0.05) is 37.9 Å². The van der Waals surface area contributed by atoms with Crippen LogP contribution in [-0.4, -0.2) is 56.3 Å². The van der Waals surface area contributed by atoms with Crippen LogP contribution in [0.5, 0.6) is 0 Å². The Bertz CT molecular complexity index is 957. The van der Waals surface area contributed by atoms with Crippen LogP contribution in [0.4, 0.5) is 14.5 Å². The van der Waals surface area contributed by atoms with Crippen molar-refractivity contribution in [1.29, 1.82) is 0 Å². The van der Waals surface area contributed by atoms with Gasteiger partial charge in [-0.25, -0.2) is 17.2 Å². The minimum absolute atomic E-state index is 0.122. The Morgan fingerprint density at radius 3 is 2.29 bits per heavy atom. The molecule has 1 aliphatic rings. The Morgan fingerprint density at radius 1 is 1.04 bits per heavy atom. The van der Waals surface area contributed by atoms with E-state index in [0.29, 0.717) is 24.8 Å². The van der Waals surface area contributed by atoms with Crippen molar-refractivity contribution in [2.75, 3.05) is 38.0 Å². The van der Waals surface area contributed by atoms with Gasteiger partial charge in [-0.05, 0) is 31.2 Å². The van der Waals surface area contributed by atoms with E-state index in [2.05, 4.69) is 5.32 Å². The van der Waals surface area contributed by atoms with Gasteiger partial charge in [0.15, 0.2) is 0 Å². The summed E-state index contributed by atoms with van der Waals surface area (Å²) in [5, 5.41) is 2.80. The van der Waals surface area contributed by atoms with Gasteiger partial charge in [-0.2, -0.15) is 4.31 Å². The van der Waals surface area contributed by atoms with E-state index in [1.807, 2.05) is 36.1 Å². The van der Waals surface area contributed by atoms with Crippen LogP contribution in [0.3, 0.4) is 0 Å². The second kappa shape index (κ2) is 8.34. The molecule has 1 fully saturated rings. The van der Waals surface area contributed by atoms with Crippen molar-refractivity contribution in [1.82, 2.24) is 9.21 Å². The second-order valence-electron chi connectivity index (χ2n) is 6.67. The molecule has 0 bridgehead atoms. The highest BCUT2D eigenvalue weighted by molar-refractivity contribution is 7.89. The molecule has 6 nitrogen and oxygen atoms in total. The van der Waals surface area contributed by atoms with Crippen molar-refractivity contribution in [2.24, 2.45) is 0 Å². The topological polar surface area (TPSA) is 69.7 Å². The average molecular weight is 409 g/mol. The highest BCUT2D eigenvalue weighted by Gasteiger charge is 2.31. The van der Waals surface area contributed by atoms with Crippen molar-refractivity contribution in [2.45, 2.75) is 11.8 Å². The summed E-state index contributed by atoms with van der Waals surface area (Å²) in [7, 11) is -4.05. The van der Waals surface area contributed by atoms with E-state index in [0.717, 1.165) is 22.0 Å². The molecule has 28 heavy (non-hydrogen) atoms. The first-order valence-electron chi connectivity index (χ1n) is 8.80. The van der Waals surface area contributed by atoms with Crippen LogP contribution in [-0.2, 0) is 14.8 Å². The van der Waals surface area contributed by atoms with Crippen molar-refractivity contribution in [3.8, 4) is 0 Å². The lowest BCUT2D eigenvalue weighted by atomic mass is 10.2. The maximum atomic E-state index is 13.9. The van der Waals surface area contributed by atoms with Crippen molar-refractivity contribution >= 4 is 21.6 Å². The number of anilines is 1. The molecule has 0 atom stereocenters. The number of aryl methyl sites for hydroxylation is 1. The van der Waals surface area contributed by atoms with Crippen molar-refractivity contribution < 1.29 is 22.0 Å². The van der Waals surface area contributed by atoms with Gasteiger partial charge in [-0.15, -0.1) is 0 Å². The maximum Gasteiger partial charge on any atom is 0.246 e. The summed E-state index contributed by atoms with van der Waals surface area (Å²) >= 11 is 0. The fourth-order valence-corrected chi connectivity index (χ4v) is 4.46.